The molecule has 0 aliphatic carbocycles. The van der Waals surface area contributed by atoms with Crippen LogP contribution < -0.4 is 0 Å². The number of unbranched alkanes of at least 4 members (excludes halogenated alkanes) is 20. The number of esters is 2. The van der Waals surface area contributed by atoms with E-state index < -0.39 is 0 Å². The summed E-state index contributed by atoms with van der Waals surface area (Å²) in [6.07, 6.45) is 29.0. The van der Waals surface area contributed by atoms with Gasteiger partial charge in [-0.15, -0.1) is 0 Å². The van der Waals surface area contributed by atoms with Crippen LogP contribution in [0.15, 0.2) is 0 Å². The van der Waals surface area contributed by atoms with E-state index in [1.807, 2.05) is 0 Å². The second-order valence-electron chi connectivity index (χ2n) is 10.5. The van der Waals surface area contributed by atoms with E-state index >= 15 is 0 Å². The largest absolute Gasteiger partial charge is 0.464 e. The molecule has 0 saturated carbocycles. The van der Waals surface area contributed by atoms with E-state index in [2.05, 4.69) is 36.4 Å². The zero-order valence-corrected chi connectivity index (χ0v) is 26.1. The van der Waals surface area contributed by atoms with Crippen molar-refractivity contribution in [1.82, 2.24) is 0 Å². The highest BCUT2D eigenvalue weighted by Crippen LogP contribution is 2.14. The van der Waals surface area contributed by atoms with Crippen LogP contribution in [0.1, 0.15) is 168 Å². The van der Waals surface area contributed by atoms with Crippen LogP contribution >= 0.6 is 22.6 Å². The minimum Gasteiger partial charge on any atom is -0.464 e. The Morgan fingerprint density at radius 1 is 0.472 bits per heavy atom. The van der Waals surface area contributed by atoms with Crippen LogP contribution in [-0.4, -0.2) is 29.1 Å². The van der Waals surface area contributed by atoms with E-state index in [4.69, 9.17) is 9.47 Å². The summed E-state index contributed by atoms with van der Waals surface area (Å²) in [6.45, 7) is 5.16. The molecule has 0 atom stereocenters. The fourth-order valence-corrected chi connectivity index (χ4v) is 4.79. The monoisotopic (exact) mass is 622 g/mol. The molecular weight excluding hydrogens is 563 g/mol. The minimum atomic E-state index is -0.125. The Morgan fingerprint density at radius 3 is 1.00 bits per heavy atom. The lowest BCUT2D eigenvalue weighted by Crippen LogP contribution is -2.20. The second-order valence-corrected chi connectivity index (χ2v) is 12.3. The fourth-order valence-electron chi connectivity index (χ4n) is 4.43. The van der Waals surface area contributed by atoms with Gasteiger partial charge in [-0.2, -0.15) is 0 Å². The molecule has 0 rings (SSSR count). The quantitative estimate of drug-likeness (QED) is 0.0377. The van der Waals surface area contributed by atoms with Gasteiger partial charge in [0.1, 0.15) is 13.2 Å². The number of hydrogen-bond donors (Lipinski definition) is 0. The lowest BCUT2D eigenvalue weighted by Gasteiger charge is -2.11. The van der Waals surface area contributed by atoms with Gasteiger partial charge in [0, 0.05) is 12.8 Å². The van der Waals surface area contributed by atoms with Crippen LogP contribution in [0.4, 0.5) is 0 Å². The molecule has 0 N–H and O–H groups in total. The van der Waals surface area contributed by atoms with Gasteiger partial charge in [0.2, 0.25) is 0 Å². The molecule has 0 aromatic carbocycles. The molecule has 0 heterocycles. The van der Waals surface area contributed by atoms with Gasteiger partial charge in [-0.25, -0.2) is 0 Å². The Morgan fingerprint density at radius 2 is 0.722 bits per heavy atom. The molecule has 0 saturated heterocycles. The van der Waals surface area contributed by atoms with Crippen molar-refractivity contribution in [2.45, 2.75) is 172 Å². The van der Waals surface area contributed by atoms with E-state index in [1.54, 1.807) is 0 Å². The second kappa shape index (κ2) is 29.2. The molecule has 0 radical (unpaired) electrons. The molecule has 0 bridgehead atoms. The maximum Gasteiger partial charge on any atom is 0.305 e. The lowest BCUT2D eigenvalue weighted by molar-refractivity contribution is -0.145. The Bertz CT molecular complexity index is 441. The first-order valence-corrected chi connectivity index (χ1v) is 16.8. The van der Waals surface area contributed by atoms with Crippen molar-refractivity contribution in [3.05, 3.63) is 0 Å². The molecule has 0 amide bonds. The van der Waals surface area contributed by atoms with Crippen LogP contribution in [0.3, 0.4) is 0 Å². The number of carbonyl (C=O) groups is 2. The molecule has 5 heteroatoms. The van der Waals surface area contributed by atoms with Crippen LogP contribution in [0.25, 0.3) is 0 Å². The summed E-state index contributed by atoms with van der Waals surface area (Å²) in [6, 6.07) is 0. The molecule has 214 valence electrons. The number of ether oxygens (including phenoxy) is 2. The number of halogens is 1. The average molecular weight is 623 g/mol. The van der Waals surface area contributed by atoms with Gasteiger partial charge in [-0.05, 0) is 12.8 Å². The van der Waals surface area contributed by atoms with Gasteiger partial charge in [0.05, 0.1) is 3.92 Å². The van der Waals surface area contributed by atoms with E-state index in [1.165, 1.54) is 116 Å². The van der Waals surface area contributed by atoms with Gasteiger partial charge in [0.15, 0.2) is 0 Å². The number of carbonyl (C=O) groups excluding carboxylic acids is 2. The maximum atomic E-state index is 11.9. The summed E-state index contributed by atoms with van der Waals surface area (Å²) >= 11 is 2.20. The Hall–Kier alpha value is -0.330. The molecule has 4 nitrogen and oxygen atoms in total. The van der Waals surface area contributed by atoms with Crippen molar-refractivity contribution < 1.29 is 19.1 Å². The summed E-state index contributed by atoms with van der Waals surface area (Å²) in [5.74, 6) is -0.250. The Balaban J connectivity index is 3.42. The van der Waals surface area contributed by atoms with Crippen LogP contribution in [0, 0.1) is 0 Å². The highest BCUT2D eigenvalue weighted by molar-refractivity contribution is 14.1. The SMILES string of the molecule is CCCCCCCCCCCCCC(=O)OCC(I)COC(=O)CCCCCCCCCCCCC. The van der Waals surface area contributed by atoms with Crippen LogP contribution in [-0.2, 0) is 19.1 Å². The summed E-state index contributed by atoms with van der Waals surface area (Å²) in [7, 11) is 0. The van der Waals surface area contributed by atoms with Crippen molar-refractivity contribution in [2.75, 3.05) is 13.2 Å². The first kappa shape index (κ1) is 35.7. The zero-order valence-electron chi connectivity index (χ0n) is 24.0. The molecule has 0 aromatic rings. The van der Waals surface area contributed by atoms with E-state index in [0.717, 1.165) is 25.7 Å². The molecule has 0 spiro atoms. The summed E-state index contributed by atoms with van der Waals surface area (Å²) < 4.78 is 10.7. The van der Waals surface area contributed by atoms with Gasteiger partial charge in [-0.3, -0.25) is 9.59 Å². The molecule has 0 aliphatic rings. The minimum absolute atomic E-state index is 0.0187. The molecule has 0 unspecified atom stereocenters. The summed E-state index contributed by atoms with van der Waals surface area (Å²) in [5, 5.41) is 0. The Labute approximate surface area is 237 Å². The topological polar surface area (TPSA) is 52.6 Å². The predicted octanol–water partition coefficient (Wildman–Crippen LogP) is 10.3. The normalized spacial score (nSPS) is 11.2. The van der Waals surface area contributed by atoms with Crippen LogP contribution in [0.2, 0.25) is 0 Å². The highest BCUT2D eigenvalue weighted by atomic mass is 127. The number of rotatable bonds is 28. The third-order valence-electron chi connectivity index (χ3n) is 6.82. The molecule has 0 aromatic heterocycles. The third-order valence-corrected chi connectivity index (χ3v) is 7.54. The van der Waals surface area contributed by atoms with Gasteiger partial charge in [0.25, 0.3) is 0 Å². The summed E-state index contributed by atoms with van der Waals surface area (Å²) in [4.78, 5) is 23.9. The lowest BCUT2D eigenvalue weighted by atomic mass is 10.1. The average Bonchev–Trinajstić information content (AvgIpc) is 2.88. The fraction of sp³-hybridized carbons (Fsp3) is 0.935. The number of hydrogen-bond acceptors (Lipinski definition) is 4. The molecule has 0 fully saturated rings. The van der Waals surface area contributed by atoms with Gasteiger partial charge >= 0.3 is 11.9 Å². The highest BCUT2D eigenvalue weighted by Gasteiger charge is 2.12. The van der Waals surface area contributed by atoms with Crippen molar-refractivity contribution in [2.24, 2.45) is 0 Å². The van der Waals surface area contributed by atoms with Gasteiger partial charge < -0.3 is 9.47 Å². The van der Waals surface area contributed by atoms with E-state index in [9.17, 15) is 9.59 Å². The molecular formula is C31H59IO4. The smallest absolute Gasteiger partial charge is 0.305 e. The summed E-state index contributed by atoms with van der Waals surface area (Å²) in [5.41, 5.74) is 0. The maximum absolute atomic E-state index is 11.9. The molecule has 36 heavy (non-hydrogen) atoms. The predicted molar refractivity (Wildman–Crippen MR) is 162 cm³/mol. The zero-order chi connectivity index (χ0) is 26.5. The van der Waals surface area contributed by atoms with E-state index in [0.29, 0.717) is 26.1 Å². The Kier molecular flexibility index (Phi) is 29.0. The number of alkyl halides is 1. The first-order chi connectivity index (χ1) is 17.6. The standard InChI is InChI=1S/C31H59IO4/c1-3-5-7-9-11-13-15-17-19-21-23-25-30(33)35-27-29(32)28-36-31(34)26-24-22-20-18-16-14-12-10-8-6-4-2/h29H,3-28H2,1-2H3. The van der Waals surface area contributed by atoms with Crippen molar-refractivity contribution in [1.29, 1.82) is 0 Å². The van der Waals surface area contributed by atoms with Crippen molar-refractivity contribution in [3.63, 3.8) is 0 Å². The van der Waals surface area contributed by atoms with Crippen LogP contribution in [0.5, 0.6) is 0 Å². The third kappa shape index (κ3) is 28.2. The van der Waals surface area contributed by atoms with Crippen molar-refractivity contribution >= 4 is 34.5 Å². The first-order valence-electron chi connectivity index (χ1n) is 15.5. The van der Waals surface area contributed by atoms with Gasteiger partial charge in [-0.1, -0.05) is 165 Å². The van der Waals surface area contributed by atoms with Crippen molar-refractivity contribution in [3.8, 4) is 0 Å². The molecule has 0 aliphatic heterocycles. The van der Waals surface area contributed by atoms with E-state index in [-0.39, 0.29) is 15.9 Å².